The van der Waals surface area contributed by atoms with Crippen LogP contribution in [-0.4, -0.2) is 56.6 Å². The van der Waals surface area contributed by atoms with Gasteiger partial charge in [0.25, 0.3) is 5.91 Å². The zero-order chi connectivity index (χ0) is 17.0. The average Bonchev–Trinajstić information content (AvgIpc) is 2.79. The highest BCUT2D eigenvalue weighted by Gasteiger charge is 2.30. The summed E-state index contributed by atoms with van der Waals surface area (Å²) < 4.78 is 36.7. The minimum atomic E-state index is -3.66. The molecule has 10 heteroatoms. The average molecular weight is 343 g/mol. The molecule has 1 fully saturated rings. The predicted molar refractivity (Wildman–Crippen MR) is 76.6 cm³/mol. The third-order valence-corrected chi connectivity index (χ3v) is 4.84. The van der Waals surface area contributed by atoms with Crippen molar-refractivity contribution >= 4 is 27.7 Å². The van der Waals surface area contributed by atoms with Crippen molar-refractivity contribution in [2.45, 2.75) is 4.90 Å². The van der Waals surface area contributed by atoms with Gasteiger partial charge in [-0.05, 0) is 24.3 Å². The van der Waals surface area contributed by atoms with Crippen LogP contribution in [0.3, 0.4) is 0 Å². The molecule has 0 unspecified atom stereocenters. The van der Waals surface area contributed by atoms with Gasteiger partial charge in [-0.25, -0.2) is 17.6 Å². The van der Waals surface area contributed by atoms with E-state index in [1.54, 1.807) is 0 Å². The summed E-state index contributed by atoms with van der Waals surface area (Å²) in [7, 11) is -3.66. The topological polar surface area (TPSA) is 113 Å². The van der Waals surface area contributed by atoms with Crippen LogP contribution in [0.25, 0.3) is 0 Å². The molecule has 1 aliphatic rings. The molecule has 1 saturated heterocycles. The summed E-state index contributed by atoms with van der Waals surface area (Å²) in [4.78, 5) is 34.9. The molecule has 8 nitrogen and oxygen atoms in total. The number of rotatable bonds is 6. The number of amides is 4. The fourth-order valence-electron chi connectivity index (χ4n) is 1.90. The van der Waals surface area contributed by atoms with E-state index in [9.17, 15) is 27.2 Å². The van der Waals surface area contributed by atoms with E-state index in [-0.39, 0.29) is 23.7 Å². The minimum absolute atomic E-state index is 0.0535. The Bertz CT molecular complexity index is 716. The summed E-state index contributed by atoms with van der Waals surface area (Å²) >= 11 is 0. The SMILES string of the molecule is O=C(CN1C(=O)CNC1=O)NCCS(=O)(=O)c1ccc(F)cc1. The number of sulfone groups is 1. The van der Waals surface area contributed by atoms with Crippen LogP contribution >= 0.6 is 0 Å². The summed E-state index contributed by atoms with van der Waals surface area (Å²) in [6, 6.07) is 3.68. The largest absolute Gasteiger partial charge is 0.354 e. The first-order valence-corrected chi connectivity index (χ1v) is 8.28. The van der Waals surface area contributed by atoms with E-state index in [0.717, 1.165) is 29.2 Å². The number of carbonyl (C=O) groups is 3. The molecule has 1 aromatic rings. The van der Waals surface area contributed by atoms with E-state index in [1.807, 2.05) is 0 Å². The molecule has 1 aliphatic heterocycles. The molecule has 1 heterocycles. The van der Waals surface area contributed by atoms with Crippen LogP contribution in [0.2, 0.25) is 0 Å². The molecule has 23 heavy (non-hydrogen) atoms. The fraction of sp³-hybridized carbons (Fsp3) is 0.308. The molecule has 2 rings (SSSR count). The van der Waals surface area contributed by atoms with Crippen molar-refractivity contribution in [2.75, 3.05) is 25.4 Å². The molecule has 0 bridgehead atoms. The van der Waals surface area contributed by atoms with Crippen molar-refractivity contribution < 1.29 is 27.2 Å². The summed E-state index contributed by atoms with van der Waals surface area (Å²) in [5.41, 5.74) is 0. The van der Waals surface area contributed by atoms with Crippen molar-refractivity contribution in [3.63, 3.8) is 0 Å². The van der Waals surface area contributed by atoms with Crippen LogP contribution in [0.1, 0.15) is 0 Å². The first kappa shape index (κ1) is 16.9. The Labute approximate surface area is 131 Å². The molecule has 0 radical (unpaired) electrons. The lowest BCUT2D eigenvalue weighted by Crippen LogP contribution is -2.42. The lowest BCUT2D eigenvalue weighted by Gasteiger charge is -2.12. The van der Waals surface area contributed by atoms with Gasteiger partial charge in [-0.1, -0.05) is 0 Å². The first-order valence-electron chi connectivity index (χ1n) is 6.63. The Morgan fingerprint density at radius 2 is 1.91 bits per heavy atom. The maximum absolute atomic E-state index is 12.8. The number of halogens is 1. The zero-order valence-corrected chi connectivity index (χ0v) is 12.7. The lowest BCUT2D eigenvalue weighted by atomic mass is 10.4. The van der Waals surface area contributed by atoms with Gasteiger partial charge in [0, 0.05) is 6.54 Å². The standard InChI is InChI=1S/C13H14FN3O5S/c14-9-1-3-10(4-2-9)23(21,22)6-5-15-11(18)8-17-12(19)7-16-13(17)20/h1-4H,5-8H2,(H,15,18)(H,16,20). The molecule has 0 atom stereocenters. The van der Waals surface area contributed by atoms with Gasteiger partial charge in [0.2, 0.25) is 5.91 Å². The van der Waals surface area contributed by atoms with E-state index in [1.165, 1.54) is 0 Å². The molecular weight excluding hydrogens is 329 g/mol. The van der Waals surface area contributed by atoms with Gasteiger partial charge < -0.3 is 10.6 Å². The summed E-state index contributed by atoms with van der Waals surface area (Å²) in [6.07, 6.45) is 0. The van der Waals surface area contributed by atoms with E-state index in [0.29, 0.717) is 0 Å². The van der Waals surface area contributed by atoms with Crippen LogP contribution in [-0.2, 0) is 19.4 Å². The highest BCUT2D eigenvalue weighted by molar-refractivity contribution is 7.91. The van der Waals surface area contributed by atoms with Crippen LogP contribution < -0.4 is 10.6 Å². The predicted octanol–water partition coefficient (Wildman–Crippen LogP) is -0.733. The Morgan fingerprint density at radius 3 is 2.48 bits per heavy atom. The smallest absolute Gasteiger partial charge is 0.325 e. The Kier molecular flexibility index (Phi) is 4.94. The molecule has 1 aromatic carbocycles. The second-order valence-electron chi connectivity index (χ2n) is 4.76. The maximum Gasteiger partial charge on any atom is 0.325 e. The van der Waals surface area contributed by atoms with Crippen LogP contribution in [0.5, 0.6) is 0 Å². The molecule has 124 valence electrons. The number of hydrogen-bond donors (Lipinski definition) is 2. The van der Waals surface area contributed by atoms with Crippen molar-refractivity contribution in [1.29, 1.82) is 0 Å². The quantitative estimate of drug-likeness (QED) is 0.522. The van der Waals surface area contributed by atoms with Gasteiger partial charge in [-0.15, -0.1) is 0 Å². The Balaban J connectivity index is 1.84. The second kappa shape index (κ2) is 6.73. The highest BCUT2D eigenvalue weighted by atomic mass is 32.2. The number of benzene rings is 1. The number of carbonyl (C=O) groups excluding carboxylic acids is 3. The molecule has 2 N–H and O–H groups in total. The van der Waals surface area contributed by atoms with E-state index >= 15 is 0 Å². The van der Waals surface area contributed by atoms with Gasteiger partial charge >= 0.3 is 6.03 Å². The van der Waals surface area contributed by atoms with E-state index < -0.39 is 40.0 Å². The first-order chi connectivity index (χ1) is 10.8. The second-order valence-corrected chi connectivity index (χ2v) is 6.87. The lowest BCUT2D eigenvalue weighted by molar-refractivity contribution is -0.130. The summed E-state index contributed by atoms with van der Waals surface area (Å²) in [5, 5.41) is 4.58. The van der Waals surface area contributed by atoms with Crippen LogP contribution in [0.15, 0.2) is 29.2 Å². The number of nitrogens with one attached hydrogen (secondary N) is 2. The van der Waals surface area contributed by atoms with Crippen molar-refractivity contribution in [2.24, 2.45) is 0 Å². The number of imide groups is 1. The number of urea groups is 1. The highest BCUT2D eigenvalue weighted by Crippen LogP contribution is 2.11. The fourth-order valence-corrected chi connectivity index (χ4v) is 3.06. The van der Waals surface area contributed by atoms with Crippen molar-refractivity contribution in [1.82, 2.24) is 15.5 Å². The van der Waals surface area contributed by atoms with Crippen molar-refractivity contribution in [3.8, 4) is 0 Å². The molecule has 0 saturated carbocycles. The van der Waals surface area contributed by atoms with Gasteiger partial charge in [-0.3, -0.25) is 14.5 Å². The third-order valence-electron chi connectivity index (χ3n) is 3.10. The van der Waals surface area contributed by atoms with Gasteiger partial charge in [0.15, 0.2) is 9.84 Å². The number of nitrogens with zero attached hydrogens (tertiary/aromatic N) is 1. The molecular formula is C13H14FN3O5S. The molecule has 0 aromatic heterocycles. The van der Waals surface area contributed by atoms with Gasteiger partial charge in [0.05, 0.1) is 17.2 Å². The van der Waals surface area contributed by atoms with Crippen LogP contribution in [0.4, 0.5) is 9.18 Å². The normalized spacial score (nSPS) is 14.7. The summed E-state index contributed by atoms with van der Waals surface area (Å²) in [5.74, 6) is -2.11. The molecule has 4 amide bonds. The third kappa shape index (κ3) is 4.25. The monoisotopic (exact) mass is 343 g/mol. The molecule has 0 aliphatic carbocycles. The number of hydrogen-bond acceptors (Lipinski definition) is 5. The van der Waals surface area contributed by atoms with Crippen molar-refractivity contribution in [3.05, 3.63) is 30.1 Å². The maximum atomic E-state index is 12.8. The Morgan fingerprint density at radius 1 is 1.26 bits per heavy atom. The van der Waals surface area contributed by atoms with Crippen LogP contribution in [0, 0.1) is 5.82 Å². The van der Waals surface area contributed by atoms with E-state index in [2.05, 4.69) is 10.6 Å². The minimum Gasteiger partial charge on any atom is -0.354 e. The molecule has 0 spiro atoms. The summed E-state index contributed by atoms with van der Waals surface area (Å²) in [6.45, 7) is -0.825. The Hall–Kier alpha value is -2.49. The van der Waals surface area contributed by atoms with Gasteiger partial charge in [0.1, 0.15) is 12.4 Å². The zero-order valence-electron chi connectivity index (χ0n) is 11.9. The van der Waals surface area contributed by atoms with Gasteiger partial charge in [-0.2, -0.15) is 0 Å². The van der Waals surface area contributed by atoms with E-state index in [4.69, 9.17) is 0 Å².